The van der Waals surface area contributed by atoms with E-state index in [1.165, 1.54) is 10.6 Å². The molecule has 0 bridgehead atoms. The number of aromatic nitrogens is 2. The summed E-state index contributed by atoms with van der Waals surface area (Å²) in [4.78, 5) is 12.3. The molecule has 2 rings (SSSR count). The predicted molar refractivity (Wildman–Crippen MR) is 88.7 cm³/mol. The minimum absolute atomic E-state index is 0.138. The highest BCUT2D eigenvalue weighted by Crippen LogP contribution is 2.18. The van der Waals surface area contributed by atoms with Crippen LogP contribution in [0.3, 0.4) is 0 Å². The predicted octanol–water partition coefficient (Wildman–Crippen LogP) is 1.00. The smallest absolute Gasteiger partial charge is 0.254 e. The van der Waals surface area contributed by atoms with E-state index in [-0.39, 0.29) is 11.8 Å². The fraction of sp³-hybridized carbons (Fsp3) is 0.733. The van der Waals surface area contributed by atoms with Crippen LogP contribution in [-0.2, 0) is 16.6 Å². The van der Waals surface area contributed by atoms with Crippen molar-refractivity contribution in [2.45, 2.75) is 39.7 Å². The standard InChI is InChI=1S/C15H26N4O3S/c1-4-7-18-11-14(12(2)17-18)15(20)16-9-13-6-5-8-19(10-13)23(3,21)22/h11,13H,4-10H2,1-3H3,(H,16,20). The lowest BCUT2D eigenvalue weighted by Crippen LogP contribution is -2.43. The number of sulfonamides is 1. The van der Waals surface area contributed by atoms with Crippen LogP contribution >= 0.6 is 0 Å². The number of rotatable bonds is 6. The average Bonchev–Trinajstić information content (AvgIpc) is 2.85. The summed E-state index contributed by atoms with van der Waals surface area (Å²) < 4.78 is 26.5. The molecule has 1 atom stereocenters. The normalized spacial score (nSPS) is 19.7. The van der Waals surface area contributed by atoms with Gasteiger partial charge in [0.2, 0.25) is 10.0 Å². The summed E-state index contributed by atoms with van der Waals surface area (Å²) in [5, 5.41) is 7.25. The topological polar surface area (TPSA) is 84.3 Å². The summed E-state index contributed by atoms with van der Waals surface area (Å²) in [5.41, 5.74) is 1.31. The molecule has 0 radical (unpaired) electrons. The maximum Gasteiger partial charge on any atom is 0.254 e. The Morgan fingerprint density at radius 3 is 2.87 bits per heavy atom. The largest absolute Gasteiger partial charge is 0.352 e. The fourth-order valence-corrected chi connectivity index (χ4v) is 3.85. The van der Waals surface area contributed by atoms with Crippen LogP contribution in [0.5, 0.6) is 0 Å². The Hall–Kier alpha value is -1.41. The molecule has 2 heterocycles. The molecule has 7 nitrogen and oxygen atoms in total. The minimum atomic E-state index is -3.15. The van der Waals surface area contributed by atoms with Crippen molar-refractivity contribution < 1.29 is 13.2 Å². The highest BCUT2D eigenvalue weighted by molar-refractivity contribution is 7.88. The van der Waals surface area contributed by atoms with Crippen LogP contribution in [0.1, 0.15) is 42.2 Å². The van der Waals surface area contributed by atoms with Crippen molar-refractivity contribution in [2.75, 3.05) is 25.9 Å². The first kappa shape index (κ1) is 17.9. The van der Waals surface area contributed by atoms with Crippen LogP contribution in [0.15, 0.2) is 6.20 Å². The molecule has 1 saturated heterocycles. The highest BCUT2D eigenvalue weighted by atomic mass is 32.2. The Balaban J connectivity index is 1.91. The molecule has 8 heteroatoms. The van der Waals surface area contributed by atoms with Gasteiger partial charge in [-0.1, -0.05) is 6.92 Å². The Morgan fingerprint density at radius 2 is 2.22 bits per heavy atom. The molecule has 130 valence electrons. The third kappa shape index (κ3) is 4.78. The molecular formula is C15H26N4O3S. The number of nitrogens with one attached hydrogen (secondary N) is 1. The molecule has 1 fully saturated rings. The molecule has 1 unspecified atom stereocenters. The van der Waals surface area contributed by atoms with Gasteiger partial charge in [0.15, 0.2) is 0 Å². The molecule has 0 spiro atoms. The van der Waals surface area contributed by atoms with Crippen molar-refractivity contribution in [3.05, 3.63) is 17.5 Å². The molecule has 1 aromatic rings. The molecule has 0 aromatic carbocycles. The average molecular weight is 342 g/mol. The third-order valence-corrected chi connectivity index (χ3v) is 5.42. The first-order valence-electron chi connectivity index (χ1n) is 8.08. The molecule has 1 N–H and O–H groups in total. The first-order valence-corrected chi connectivity index (χ1v) is 9.93. The van der Waals surface area contributed by atoms with Gasteiger partial charge in [-0.2, -0.15) is 5.10 Å². The summed E-state index contributed by atoms with van der Waals surface area (Å²) in [6.07, 6.45) is 5.74. The number of piperidine rings is 1. The quantitative estimate of drug-likeness (QED) is 0.836. The van der Waals surface area contributed by atoms with Crippen LogP contribution in [-0.4, -0.2) is 54.3 Å². The van der Waals surface area contributed by atoms with Crippen molar-refractivity contribution >= 4 is 15.9 Å². The number of amides is 1. The minimum Gasteiger partial charge on any atom is -0.352 e. The van der Waals surface area contributed by atoms with Crippen LogP contribution in [0.2, 0.25) is 0 Å². The van der Waals surface area contributed by atoms with Gasteiger partial charge >= 0.3 is 0 Å². The highest BCUT2D eigenvalue weighted by Gasteiger charge is 2.26. The van der Waals surface area contributed by atoms with E-state index >= 15 is 0 Å². The molecule has 1 aliphatic heterocycles. The zero-order valence-corrected chi connectivity index (χ0v) is 14.9. The number of aryl methyl sites for hydroxylation is 2. The first-order chi connectivity index (χ1) is 10.8. The maximum absolute atomic E-state index is 12.3. The Morgan fingerprint density at radius 1 is 1.48 bits per heavy atom. The lowest BCUT2D eigenvalue weighted by atomic mass is 9.99. The molecule has 0 aliphatic carbocycles. The van der Waals surface area contributed by atoms with Gasteiger partial charge in [-0.25, -0.2) is 12.7 Å². The summed E-state index contributed by atoms with van der Waals surface area (Å²) in [6.45, 7) is 6.23. The van der Waals surface area contributed by atoms with Gasteiger partial charge in [-0.15, -0.1) is 0 Å². The van der Waals surface area contributed by atoms with E-state index in [2.05, 4.69) is 17.3 Å². The van der Waals surface area contributed by atoms with Crippen molar-refractivity contribution in [2.24, 2.45) is 5.92 Å². The third-order valence-electron chi connectivity index (χ3n) is 4.15. The van der Waals surface area contributed by atoms with Gasteiger partial charge in [-0.3, -0.25) is 9.48 Å². The van der Waals surface area contributed by atoms with E-state index in [9.17, 15) is 13.2 Å². The zero-order chi connectivity index (χ0) is 17.0. The molecule has 1 aromatic heterocycles. The van der Waals surface area contributed by atoms with Gasteiger partial charge in [-0.05, 0) is 32.1 Å². The molecule has 0 saturated carbocycles. The van der Waals surface area contributed by atoms with Crippen LogP contribution in [0, 0.1) is 12.8 Å². The number of carbonyl (C=O) groups is 1. The SMILES string of the molecule is CCCn1cc(C(=O)NCC2CCCN(S(C)(=O)=O)C2)c(C)n1. The van der Waals surface area contributed by atoms with Crippen LogP contribution in [0.25, 0.3) is 0 Å². The van der Waals surface area contributed by atoms with Gasteiger partial charge in [0.05, 0.1) is 17.5 Å². The number of hydrogen-bond acceptors (Lipinski definition) is 4. The van der Waals surface area contributed by atoms with E-state index in [1.54, 1.807) is 10.9 Å². The Labute approximate surface area is 138 Å². The molecular weight excluding hydrogens is 316 g/mol. The second-order valence-corrected chi connectivity index (χ2v) is 8.21. The fourth-order valence-electron chi connectivity index (χ4n) is 2.91. The number of nitrogens with zero attached hydrogens (tertiary/aromatic N) is 3. The monoisotopic (exact) mass is 342 g/mol. The van der Waals surface area contributed by atoms with Crippen molar-refractivity contribution in [3.8, 4) is 0 Å². The van der Waals surface area contributed by atoms with Crippen molar-refractivity contribution in [1.29, 1.82) is 0 Å². The number of carbonyl (C=O) groups excluding carboxylic acids is 1. The van der Waals surface area contributed by atoms with Gasteiger partial charge < -0.3 is 5.32 Å². The second-order valence-electron chi connectivity index (χ2n) is 6.23. The van der Waals surface area contributed by atoms with E-state index in [1.807, 2.05) is 6.92 Å². The zero-order valence-electron chi connectivity index (χ0n) is 14.1. The Bertz CT molecular complexity index is 654. The summed E-state index contributed by atoms with van der Waals surface area (Å²) in [6, 6.07) is 0. The van der Waals surface area contributed by atoms with E-state index in [4.69, 9.17) is 0 Å². The molecule has 1 amide bonds. The second kappa shape index (κ2) is 7.44. The maximum atomic E-state index is 12.3. The van der Waals surface area contributed by atoms with Crippen molar-refractivity contribution in [1.82, 2.24) is 19.4 Å². The molecule has 23 heavy (non-hydrogen) atoms. The van der Waals surface area contributed by atoms with Crippen LogP contribution in [0.4, 0.5) is 0 Å². The van der Waals surface area contributed by atoms with Crippen molar-refractivity contribution in [3.63, 3.8) is 0 Å². The lowest BCUT2D eigenvalue weighted by Gasteiger charge is -2.30. The van der Waals surface area contributed by atoms with Gasteiger partial charge in [0.1, 0.15) is 0 Å². The number of hydrogen-bond donors (Lipinski definition) is 1. The Kier molecular flexibility index (Phi) is 5.80. The van der Waals surface area contributed by atoms with Gasteiger partial charge in [0, 0.05) is 32.4 Å². The summed E-state index contributed by atoms with van der Waals surface area (Å²) in [5.74, 6) is 0.0229. The van der Waals surface area contributed by atoms with E-state index in [0.29, 0.717) is 25.2 Å². The van der Waals surface area contributed by atoms with E-state index in [0.717, 1.165) is 31.5 Å². The molecule has 1 aliphatic rings. The van der Waals surface area contributed by atoms with E-state index < -0.39 is 10.0 Å². The lowest BCUT2D eigenvalue weighted by molar-refractivity contribution is 0.0941. The van der Waals surface area contributed by atoms with Crippen LogP contribution < -0.4 is 5.32 Å². The van der Waals surface area contributed by atoms with Gasteiger partial charge in [0.25, 0.3) is 5.91 Å². The summed E-state index contributed by atoms with van der Waals surface area (Å²) in [7, 11) is -3.15. The summed E-state index contributed by atoms with van der Waals surface area (Å²) >= 11 is 0.